The van der Waals surface area contributed by atoms with E-state index < -0.39 is 0 Å². The SMILES string of the molecule is CN(Cc1nc2ccccc2s1)C(=O)Oc1ccccc1. The molecule has 21 heavy (non-hydrogen) atoms. The lowest BCUT2D eigenvalue weighted by Gasteiger charge is -2.15. The van der Waals surface area contributed by atoms with E-state index in [0.717, 1.165) is 15.2 Å². The first kappa shape index (κ1) is 13.6. The third-order valence-electron chi connectivity index (χ3n) is 2.97. The summed E-state index contributed by atoms with van der Waals surface area (Å²) in [6, 6.07) is 17.0. The number of carbonyl (C=O) groups excluding carboxylic acids is 1. The van der Waals surface area contributed by atoms with Crippen LogP contribution in [0.15, 0.2) is 54.6 Å². The van der Waals surface area contributed by atoms with Gasteiger partial charge in [-0.05, 0) is 24.3 Å². The Morgan fingerprint density at radius 3 is 2.62 bits per heavy atom. The van der Waals surface area contributed by atoms with Gasteiger partial charge in [-0.15, -0.1) is 11.3 Å². The Bertz CT molecular complexity index is 722. The number of nitrogens with zero attached hydrogens (tertiary/aromatic N) is 2. The minimum absolute atomic E-state index is 0.388. The topological polar surface area (TPSA) is 42.4 Å². The molecule has 4 nitrogen and oxygen atoms in total. The minimum Gasteiger partial charge on any atom is -0.410 e. The zero-order chi connectivity index (χ0) is 14.7. The second-order valence-corrected chi connectivity index (χ2v) is 5.73. The van der Waals surface area contributed by atoms with Gasteiger partial charge in [0.15, 0.2) is 0 Å². The molecular formula is C16H14N2O2S. The van der Waals surface area contributed by atoms with Crippen LogP contribution in [0, 0.1) is 0 Å². The third kappa shape index (κ3) is 3.20. The Hall–Kier alpha value is -2.40. The summed E-state index contributed by atoms with van der Waals surface area (Å²) in [6.45, 7) is 0.436. The summed E-state index contributed by atoms with van der Waals surface area (Å²) in [5.41, 5.74) is 0.960. The molecule has 0 aliphatic heterocycles. The van der Waals surface area contributed by atoms with Crippen LogP contribution in [0.4, 0.5) is 4.79 Å². The van der Waals surface area contributed by atoms with E-state index in [4.69, 9.17) is 4.74 Å². The van der Waals surface area contributed by atoms with Gasteiger partial charge in [0.1, 0.15) is 10.8 Å². The molecule has 3 aromatic rings. The van der Waals surface area contributed by atoms with Crippen molar-refractivity contribution in [3.63, 3.8) is 0 Å². The number of rotatable bonds is 3. The fourth-order valence-electron chi connectivity index (χ4n) is 1.92. The molecule has 0 saturated heterocycles. The highest BCUT2D eigenvalue weighted by Crippen LogP contribution is 2.22. The maximum Gasteiger partial charge on any atom is 0.415 e. The van der Waals surface area contributed by atoms with E-state index in [1.54, 1.807) is 30.5 Å². The van der Waals surface area contributed by atoms with Crippen molar-refractivity contribution < 1.29 is 9.53 Å². The molecule has 0 atom stereocenters. The average molecular weight is 298 g/mol. The number of fused-ring (bicyclic) bond motifs is 1. The van der Waals surface area contributed by atoms with Crippen LogP contribution in [0.25, 0.3) is 10.2 Å². The Morgan fingerprint density at radius 2 is 1.86 bits per heavy atom. The molecule has 0 spiro atoms. The van der Waals surface area contributed by atoms with Gasteiger partial charge in [-0.25, -0.2) is 9.78 Å². The van der Waals surface area contributed by atoms with E-state index in [1.807, 2.05) is 42.5 Å². The number of para-hydroxylation sites is 2. The molecule has 0 fully saturated rings. The van der Waals surface area contributed by atoms with Crippen LogP contribution in [0.1, 0.15) is 5.01 Å². The molecule has 106 valence electrons. The van der Waals surface area contributed by atoms with E-state index in [0.29, 0.717) is 12.3 Å². The van der Waals surface area contributed by atoms with Crippen LogP contribution in [0.2, 0.25) is 0 Å². The van der Waals surface area contributed by atoms with E-state index >= 15 is 0 Å². The Kier molecular flexibility index (Phi) is 3.83. The zero-order valence-corrected chi connectivity index (χ0v) is 12.3. The van der Waals surface area contributed by atoms with Gasteiger partial charge in [0.25, 0.3) is 0 Å². The van der Waals surface area contributed by atoms with Gasteiger partial charge in [0, 0.05) is 7.05 Å². The molecule has 0 aliphatic carbocycles. The highest BCUT2D eigenvalue weighted by Gasteiger charge is 2.14. The quantitative estimate of drug-likeness (QED) is 0.736. The largest absolute Gasteiger partial charge is 0.415 e. The molecule has 1 heterocycles. The van der Waals surface area contributed by atoms with Gasteiger partial charge in [-0.3, -0.25) is 0 Å². The van der Waals surface area contributed by atoms with Crippen molar-refractivity contribution in [2.24, 2.45) is 0 Å². The lowest BCUT2D eigenvalue weighted by molar-refractivity contribution is 0.161. The molecule has 5 heteroatoms. The van der Waals surface area contributed by atoms with Crippen LogP contribution < -0.4 is 4.74 Å². The predicted molar refractivity (Wildman–Crippen MR) is 83.6 cm³/mol. The number of benzene rings is 2. The monoisotopic (exact) mass is 298 g/mol. The Morgan fingerprint density at radius 1 is 1.14 bits per heavy atom. The molecule has 0 bridgehead atoms. The second kappa shape index (κ2) is 5.93. The van der Waals surface area contributed by atoms with Crippen molar-refractivity contribution in [3.05, 3.63) is 59.6 Å². The summed E-state index contributed by atoms with van der Waals surface area (Å²) in [6.07, 6.45) is -0.388. The Balaban J connectivity index is 1.67. The summed E-state index contributed by atoms with van der Waals surface area (Å²) in [5.74, 6) is 0.540. The van der Waals surface area contributed by atoms with Crippen molar-refractivity contribution >= 4 is 27.6 Å². The fraction of sp³-hybridized carbons (Fsp3) is 0.125. The first-order valence-electron chi connectivity index (χ1n) is 6.55. The van der Waals surface area contributed by atoms with Crippen molar-refractivity contribution in [2.45, 2.75) is 6.54 Å². The van der Waals surface area contributed by atoms with Gasteiger partial charge in [0.05, 0.1) is 16.8 Å². The van der Waals surface area contributed by atoms with Crippen molar-refractivity contribution in [1.82, 2.24) is 9.88 Å². The third-order valence-corrected chi connectivity index (χ3v) is 3.99. The summed E-state index contributed by atoms with van der Waals surface area (Å²) in [4.78, 5) is 18.0. The molecular weight excluding hydrogens is 284 g/mol. The minimum atomic E-state index is -0.388. The molecule has 0 N–H and O–H groups in total. The zero-order valence-electron chi connectivity index (χ0n) is 11.5. The molecule has 3 rings (SSSR count). The van der Waals surface area contributed by atoms with Gasteiger partial charge in [0.2, 0.25) is 0 Å². The highest BCUT2D eigenvalue weighted by molar-refractivity contribution is 7.18. The van der Waals surface area contributed by atoms with E-state index in [1.165, 1.54) is 4.90 Å². The molecule has 0 radical (unpaired) electrons. The molecule has 0 aliphatic rings. The van der Waals surface area contributed by atoms with Crippen molar-refractivity contribution in [3.8, 4) is 5.75 Å². The first-order chi connectivity index (χ1) is 10.2. The van der Waals surface area contributed by atoms with Gasteiger partial charge in [-0.2, -0.15) is 0 Å². The summed E-state index contributed by atoms with van der Waals surface area (Å²) in [5, 5.41) is 0.892. The highest BCUT2D eigenvalue weighted by atomic mass is 32.1. The van der Waals surface area contributed by atoms with Gasteiger partial charge in [-0.1, -0.05) is 30.3 Å². The number of aromatic nitrogens is 1. The molecule has 0 unspecified atom stereocenters. The average Bonchev–Trinajstić information content (AvgIpc) is 2.90. The number of ether oxygens (including phenoxy) is 1. The molecule has 2 aromatic carbocycles. The van der Waals surface area contributed by atoms with Gasteiger partial charge >= 0.3 is 6.09 Å². The number of hydrogen-bond donors (Lipinski definition) is 0. The van der Waals surface area contributed by atoms with E-state index in [2.05, 4.69) is 4.98 Å². The second-order valence-electron chi connectivity index (χ2n) is 4.61. The lowest BCUT2D eigenvalue weighted by atomic mass is 10.3. The fourth-order valence-corrected chi connectivity index (χ4v) is 2.94. The van der Waals surface area contributed by atoms with Crippen LogP contribution in [0.3, 0.4) is 0 Å². The lowest BCUT2D eigenvalue weighted by Crippen LogP contribution is -2.29. The maximum absolute atomic E-state index is 12.0. The number of amides is 1. The number of thiazole rings is 1. The maximum atomic E-state index is 12.0. The summed E-state index contributed by atoms with van der Waals surface area (Å²) in [7, 11) is 1.71. The van der Waals surface area contributed by atoms with Crippen LogP contribution in [-0.4, -0.2) is 23.0 Å². The van der Waals surface area contributed by atoms with Crippen molar-refractivity contribution in [1.29, 1.82) is 0 Å². The van der Waals surface area contributed by atoms with Gasteiger partial charge < -0.3 is 9.64 Å². The van der Waals surface area contributed by atoms with Crippen LogP contribution >= 0.6 is 11.3 Å². The summed E-state index contributed by atoms with van der Waals surface area (Å²) < 4.78 is 6.41. The van der Waals surface area contributed by atoms with E-state index in [9.17, 15) is 4.79 Å². The van der Waals surface area contributed by atoms with E-state index in [-0.39, 0.29) is 6.09 Å². The first-order valence-corrected chi connectivity index (χ1v) is 7.36. The molecule has 0 saturated carbocycles. The number of carbonyl (C=O) groups is 1. The van der Waals surface area contributed by atoms with Crippen molar-refractivity contribution in [2.75, 3.05) is 7.05 Å². The summed E-state index contributed by atoms with van der Waals surface area (Å²) >= 11 is 1.59. The van der Waals surface area contributed by atoms with Crippen LogP contribution in [-0.2, 0) is 6.54 Å². The molecule has 1 aromatic heterocycles. The normalized spacial score (nSPS) is 10.5. The molecule has 1 amide bonds. The Labute approximate surface area is 126 Å². The van der Waals surface area contributed by atoms with Crippen LogP contribution in [0.5, 0.6) is 5.75 Å². The number of hydrogen-bond acceptors (Lipinski definition) is 4. The standard InChI is InChI=1S/C16H14N2O2S/c1-18(16(19)20-12-7-3-2-4-8-12)11-15-17-13-9-5-6-10-14(13)21-15/h2-10H,11H2,1H3. The predicted octanol–water partition coefficient (Wildman–Crippen LogP) is 3.93. The smallest absolute Gasteiger partial charge is 0.410 e.